The van der Waals surface area contributed by atoms with Crippen LogP contribution in [-0.2, 0) is 11.2 Å². The summed E-state index contributed by atoms with van der Waals surface area (Å²) in [5.74, 6) is 0.348. The van der Waals surface area contributed by atoms with E-state index in [0.29, 0.717) is 12.2 Å². The molecule has 0 aliphatic heterocycles. The van der Waals surface area contributed by atoms with Gasteiger partial charge in [-0.3, -0.25) is 9.69 Å². The van der Waals surface area contributed by atoms with Crippen molar-refractivity contribution in [2.75, 3.05) is 4.90 Å². The average Bonchev–Trinajstić information content (AvgIpc) is 2.66. The summed E-state index contributed by atoms with van der Waals surface area (Å²) < 4.78 is 0. The van der Waals surface area contributed by atoms with Gasteiger partial charge in [0, 0.05) is 18.3 Å². The first kappa shape index (κ1) is 19.0. The highest BCUT2D eigenvalue weighted by molar-refractivity contribution is 6.01. The standard InChI is InChI=1S/C22H26N2O3/c1-16(13-17-10-11-19(25)20(26)15-17)14-22(27)24(18-7-3-2-4-8-18)21-9-5-6-12-23-21/h5-6,9-12,14-15,18,25-26H,2-4,7-8,13H2,1H3/b16-14+. The lowest BCUT2D eigenvalue weighted by Crippen LogP contribution is -2.41. The molecule has 0 saturated heterocycles. The maximum atomic E-state index is 13.1. The minimum absolute atomic E-state index is 0.0545. The normalized spacial score (nSPS) is 15.5. The number of benzene rings is 1. The van der Waals surface area contributed by atoms with E-state index in [1.54, 1.807) is 18.3 Å². The maximum absolute atomic E-state index is 13.1. The molecule has 5 nitrogen and oxygen atoms in total. The zero-order valence-electron chi connectivity index (χ0n) is 15.6. The second-order valence-corrected chi connectivity index (χ2v) is 7.18. The summed E-state index contributed by atoms with van der Waals surface area (Å²) in [7, 11) is 0. The van der Waals surface area contributed by atoms with E-state index in [1.165, 1.54) is 18.6 Å². The summed E-state index contributed by atoms with van der Waals surface area (Å²) in [6.07, 6.45) is 9.40. The number of aromatic hydroxyl groups is 2. The van der Waals surface area contributed by atoms with Crippen LogP contribution in [0.4, 0.5) is 5.82 Å². The number of pyridine rings is 1. The molecule has 142 valence electrons. The van der Waals surface area contributed by atoms with Gasteiger partial charge in [-0.2, -0.15) is 0 Å². The van der Waals surface area contributed by atoms with E-state index >= 15 is 0 Å². The summed E-state index contributed by atoms with van der Waals surface area (Å²) in [5, 5.41) is 19.1. The number of allylic oxidation sites excluding steroid dienone is 1. The Kier molecular flexibility index (Phi) is 6.12. The molecule has 1 aliphatic carbocycles. The predicted octanol–water partition coefficient (Wildman–Crippen LogP) is 4.35. The first-order valence-corrected chi connectivity index (χ1v) is 9.47. The summed E-state index contributed by atoms with van der Waals surface area (Å²) in [6, 6.07) is 10.5. The summed E-state index contributed by atoms with van der Waals surface area (Å²) in [4.78, 5) is 19.3. The molecule has 0 unspecified atom stereocenters. The number of amides is 1. The fraction of sp³-hybridized carbons (Fsp3) is 0.364. The van der Waals surface area contributed by atoms with Gasteiger partial charge in [0.25, 0.3) is 5.91 Å². The number of anilines is 1. The monoisotopic (exact) mass is 366 g/mol. The lowest BCUT2D eigenvalue weighted by atomic mass is 9.94. The second-order valence-electron chi connectivity index (χ2n) is 7.18. The van der Waals surface area contributed by atoms with Crippen LogP contribution in [0.5, 0.6) is 11.5 Å². The molecule has 1 aromatic carbocycles. The molecule has 0 bridgehead atoms. The van der Waals surface area contributed by atoms with Gasteiger partial charge >= 0.3 is 0 Å². The molecule has 1 aromatic heterocycles. The molecule has 2 N–H and O–H groups in total. The number of nitrogens with zero attached hydrogens (tertiary/aromatic N) is 2. The molecule has 1 heterocycles. The van der Waals surface area contributed by atoms with Gasteiger partial charge in [-0.15, -0.1) is 0 Å². The molecule has 0 radical (unpaired) electrons. The lowest BCUT2D eigenvalue weighted by molar-refractivity contribution is -0.114. The van der Waals surface area contributed by atoms with Crippen LogP contribution in [0.15, 0.2) is 54.2 Å². The van der Waals surface area contributed by atoms with Crippen molar-refractivity contribution < 1.29 is 15.0 Å². The van der Waals surface area contributed by atoms with E-state index in [2.05, 4.69) is 4.98 Å². The molecule has 1 aliphatic rings. The molecule has 3 rings (SSSR count). The quantitative estimate of drug-likeness (QED) is 0.609. The number of phenolic OH excluding ortho intramolecular Hbond substituents is 2. The molecule has 0 spiro atoms. The summed E-state index contributed by atoms with van der Waals surface area (Å²) in [6.45, 7) is 1.90. The summed E-state index contributed by atoms with van der Waals surface area (Å²) in [5.41, 5.74) is 1.73. The number of rotatable bonds is 5. The van der Waals surface area contributed by atoms with E-state index in [9.17, 15) is 15.0 Å². The van der Waals surface area contributed by atoms with Gasteiger partial charge < -0.3 is 10.2 Å². The molecule has 1 fully saturated rings. The van der Waals surface area contributed by atoms with E-state index in [1.807, 2.05) is 30.0 Å². The highest BCUT2D eigenvalue weighted by Gasteiger charge is 2.26. The Morgan fingerprint density at radius 3 is 2.59 bits per heavy atom. The van der Waals surface area contributed by atoms with Crippen molar-refractivity contribution in [1.82, 2.24) is 4.98 Å². The fourth-order valence-electron chi connectivity index (χ4n) is 3.65. The van der Waals surface area contributed by atoms with E-state index in [-0.39, 0.29) is 23.4 Å². The van der Waals surface area contributed by atoms with Crippen LogP contribution >= 0.6 is 0 Å². The Bertz CT molecular complexity index is 812. The number of hydrogen-bond acceptors (Lipinski definition) is 4. The van der Waals surface area contributed by atoms with Crippen molar-refractivity contribution in [3.8, 4) is 11.5 Å². The second kappa shape index (κ2) is 8.71. The van der Waals surface area contributed by atoms with Gasteiger partial charge in [0.15, 0.2) is 11.5 Å². The van der Waals surface area contributed by atoms with Crippen LogP contribution in [0.2, 0.25) is 0 Å². The average molecular weight is 366 g/mol. The SMILES string of the molecule is C/C(=C\C(=O)N(c1ccccn1)C1CCCCC1)Cc1ccc(O)c(O)c1. The fourth-order valence-corrected chi connectivity index (χ4v) is 3.65. The van der Waals surface area contributed by atoms with Crippen LogP contribution in [-0.4, -0.2) is 27.1 Å². The summed E-state index contributed by atoms with van der Waals surface area (Å²) >= 11 is 0. The maximum Gasteiger partial charge on any atom is 0.252 e. The third kappa shape index (κ3) is 4.88. The molecular formula is C22H26N2O3. The van der Waals surface area contributed by atoms with Crippen molar-refractivity contribution in [3.05, 3.63) is 59.8 Å². The van der Waals surface area contributed by atoms with Crippen molar-refractivity contribution in [2.45, 2.75) is 51.5 Å². The number of hydrogen-bond donors (Lipinski definition) is 2. The number of aromatic nitrogens is 1. The predicted molar refractivity (Wildman–Crippen MR) is 106 cm³/mol. The van der Waals surface area contributed by atoms with Crippen LogP contribution in [0.3, 0.4) is 0 Å². The zero-order valence-corrected chi connectivity index (χ0v) is 15.6. The van der Waals surface area contributed by atoms with Gasteiger partial charge in [-0.25, -0.2) is 4.98 Å². The van der Waals surface area contributed by atoms with Crippen molar-refractivity contribution in [1.29, 1.82) is 0 Å². The Labute approximate surface area is 160 Å². The van der Waals surface area contributed by atoms with Crippen molar-refractivity contribution >= 4 is 11.7 Å². The topological polar surface area (TPSA) is 73.7 Å². The number of carbonyl (C=O) groups excluding carboxylic acids is 1. The smallest absolute Gasteiger partial charge is 0.252 e. The van der Waals surface area contributed by atoms with Crippen LogP contribution in [0.1, 0.15) is 44.6 Å². The molecule has 1 saturated carbocycles. The third-order valence-electron chi connectivity index (χ3n) is 4.97. The number of phenols is 2. The van der Waals surface area contributed by atoms with Gasteiger partial charge in [-0.1, -0.05) is 37.0 Å². The molecule has 1 amide bonds. The van der Waals surface area contributed by atoms with E-state index < -0.39 is 0 Å². The Morgan fingerprint density at radius 2 is 1.93 bits per heavy atom. The number of carbonyl (C=O) groups is 1. The van der Waals surface area contributed by atoms with Crippen LogP contribution in [0, 0.1) is 0 Å². The van der Waals surface area contributed by atoms with E-state index in [4.69, 9.17) is 0 Å². The molecule has 2 aromatic rings. The van der Waals surface area contributed by atoms with Gasteiger partial charge in [0.05, 0.1) is 0 Å². The third-order valence-corrected chi connectivity index (χ3v) is 4.97. The van der Waals surface area contributed by atoms with Gasteiger partial charge in [0.2, 0.25) is 0 Å². The van der Waals surface area contributed by atoms with Crippen molar-refractivity contribution in [3.63, 3.8) is 0 Å². The van der Waals surface area contributed by atoms with Crippen LogP contribution < -0.4 is 4.90 Å². The molecular weight excluding hydrogens is 340 g/mol. The zero-order chi connectivity index (χ0) is 19.2. The van der Waals surface area contributed by atoms with Gasteiger partial charge in [-0.05, 0) is 56.0 Å². The molecule has 0 atom stereocenters. The first-order chi connectivity index (χ1) is 13.0. The van der Waals surface area contributed by atoms with E-state index in [0.717, 1.165) is 36.8 Å². The minimum Gasteiger partial charge on any atom is -0.504 e. The lowest BCUT2D eigenvalue weighted by Gasteiger charge is -2.33. The highest BCUT2D eigenvalue weighted by Crippen LogP contribution is 2.28. The Morgan fingerprint density at radius 1 is 1.15 bits per heavy atom. The van der Waals surface area contributed by atoms with Crippen LogP contribution in [0.25, 0.3) is 0 Å². The Balaban J connectivity index is 1.80. The first-order valence-electron chi connectivity index (χ1n) is 9.47. The molecule has 5 heteroatoms. The minimum atomic E-state index is -0.149. The van der Waals surface area contributed by atoms with Crippen molar-refractivity contribution in [2.24, 2.45) is 0 Å². The van der Waals surface area contributed by atoms with Gasteiger partial charge in [0.1, 0.15) is 5.82 Å². The largest absolute Gasteiger partial charge is 0.504 e. The Hall–Kier alpha value is -2.82. The molecule has 27 heavy (non-hydrogen) atoms. The highest BCUT2D eigenvalue weighted by atomic mass is 16.3.